The van der Waals surface area contributed by atoms with Crippen molar-refractivity contribution in [3.63, 3.8) is 0 Å². The number of aromatic nitrogens is 2. The van der Waals surface area contributed by atoms with Crippen molar-refractivity contribution in [3.8, 4) is 17.8 Å². The molecule has 0 saturated carbocycles. The molecule has 2 aromatic rings. The average Bonchev–Trinajstić information content (AvgIpc) is 2.80. The minimum absolute atomic E-state index is 0.0349. The molecule has 0 unspecified atom stereocenters. The number of nitrogens with zero attached hydrogens (tertiary/aromatic N) is 4. The predicted octanol–water partition coefficient (Wildman–Crippen LogP) is 1.97. The molecule has 0 amide bonds. The smallest absolute Gasteiger partial charge is 0.337 e. The van der Waals surface area contributed by atoms with Crippen molar-refractivity contribution in [2.45, 2.75) is 0 Å². The first-order valence-corrected chi connectivity index (χ1v) is 5.37. The number of nitriles is 2. The Kier molecular flexibility index (Phi) is 3.19. The molecule has 0 fully saturated rings. The van der Waals surface area contributed by atoms with Gasteiger partial charge in [-0.2, -0.15) is 10.5 Å². The second kappa shape index (κ2) is 4.81. The van der Waals surface area contributed by atoms with Crippen molar-refractivity contribution in [3.05, 3.63) is 46.5 Å². The highest BCUT2D eigenvalue weighted by molar-refractivity contribution is 6.30. The van der Waals surface area contributed by atoms with Crippen LogP contribution in [0.1, 0.15) is 21.7 Å². The topological polar surface area (TPSA) is 103 Å². The maximum Gasteiger partial charge on any atom is 0.337 e. The molecule has 1 aromatic carbocycles. The van der Waals surface area contributed by atoms with Gasteiger partial charge in [0.1, 0.15) is 18.5 Å². The molecule has 0 aliphatic rings. The van der Waals surface area contributed by atoms with Crippen LogP contribution in [0, 0.1) is 22.7 Å². The molecule has 6 nitrogen and oxygen atoms in total. The van der Waals surface area contributed by atoms with Gasteiger partial charge in [0, 0.05) is 5.02 Å². The number of hydrogen-bond acceptors (Lipinski definition) is 4. The van der Waals surface area contributed by atoms with Gasteiger partial charge in [-0.15, -0.1) is 0 Å². The molecule has 92 valence electrons. The molecule has 0 aliphatic heterocycles. The molecule has 19 heavy (non-hydrogen) atoms. The van der Waals surface area contributed by atoms with Crippen molar-refractivity contribution in [1.29, 1.82) is 10.5 Å². The Bertz CT molecular complexity index is 752. The summed E-state index contributed by atoms with van der Waals surface area (Å²) < 4.78 is 1.23. The van der Waals surface area contributed by atoms with E-state index >= 15 is 0 Å². The third kappa shape index (κ3) is 2.13. The molecule has 7 heteroatoms. The first kappa shape index (κ1) is 12.6. The third-order valence-corrected chi connectivity index (χ3v) is 2.66. The lowest BCUT2D eigenvalue weighted by molar-refractivity contribution is 0.0697. The second-order valence-electron chi connectivity index (χ2n) is 3.50. The first-order valence-electron chi connectivity index (χ1n) is 4.99. The monoisotopic (exact) mass is 272 g/mol. The highest BCUT2D eigenvalue weighted by Crippen LogP contribution is 2.22. The third-order valence-electron chi connectivity index (χ3n) is 2.43. The van der Waals surface area contributed by atoms with Crippen LogP contribution in [0.2, 0.25) is 5.02 Å². The van der Waals surface area contributed by atoms with Crippen LogP contribution in [-0.4, -0.2) is 20.6 Å². The van der Waals surface area contributed by atoms with Gasteiger partial charge in [-0.05, 0) is 18.2 Å². The van der Waals surface area contributed by atoms with E-state index in [1.807, 2.05) is 6.07 Å². The lowest BCUT2D eigenvalue weighted by Gasteiger charge is -2.08. The van der Waals surface area contributed by atoms with Crippen LogP contribution in [0.3, 0.4) is 0 Å². The molecular formula is C12H5ClN4O2. The largest absolute Gasteiger partial charge is 0.478 e. The summed E-state index contributed by atoms with van der Waals surface area (Å²) in [5, 5.41) is 27.3. The van der Waals surface area contributed by atoms with Gasteiger partial charge < -0.3 is 5.11 Å². The van der Waals surface area contributed by atoms with E-state index in [-0.39, 0.29) is 22.6 Å². The molecule has 0 spiro atoms. The Morgan fingerprint density at radius 2 is 2.11 bits per heavy atom. The molecule has 1 heterocycles. The van der Waals surface area contributed by atoms with E-state index in [4.69, 9.17) is 27.2 Å². The maximum atomic E-state index is 11.2. The van der Waals surface area contributed by atoms with Crippen molar-refractivity contribution in [1.82, 2.24) is 9.55 Å². The second-order valence-corrected chi connectivity index (χ2v) is 3.94. The highest BCUT2D eigenvalue weighted by Gasteiger charge is 2.17. The van der Waals surface area contributed by atoms with E-state index in [0.717, 1.165) is 0 Å². The van der Waals surface area contributed by atoms with Gasteiger partial charge in [0.25, 0.3) is 0 Å². The van der Waals surface area contributed by atoms with Gasteiger partial charge in [0.15, 0.2) is 11.4 Å². The fourth-order valence-electron chi connectivity index (χ4n) is 1.60. The molecular weight excluding hydrogens is 268 g/mol. The van der Waals surface area contributed by atoms with E-state index in [1.165, 1.54) is 29.1 Å². The van der Waals surface area contributed by atoms with Crippen molar-refractivity contribution >= 4 is 17.6 Å². The molecule has 0 aliphatic carbocycles. The zero-order valence-electron chi connectivity index (χ0n) is 9.33. The summed E-state index contributed by atoms with van der Waals surface area (Å²) in [5.41, 5.74) is 0.0411. The number of carbonyl (C=O) groups is 1. The van der Waals surface area contributed by atoms with Crippen molar-refractivity contribution in [2.75, 3.05) is 0 Å². The summed E-state index contributed by atoms with van der Waals surface area (Å²) in [6.07, 6.45) is 1.22. The maximum absolute atomic E-state index is 11.2. The van der Waals surface area contributed by atoms with Crippen molar-refractivity contribution < 1.29 is 9.90 Å². The number of imidazole rings is 1. The van der Waals surface area contributed by atoms with Crippen LogP contribution in [0.25, 0.3) is 5.69 Å². The number of benzene rings is 1. The van der Waals surface area contributed by atoms with Crippen LogP contribution in [0.5, 0.6) is 0 Å². The summed E-state index contributed by atoms with van der Waals surface area (Å²) >= 11 is 5.83. The quantitative estimate of drug-likeness (QED) is 0.900. The summed E-state index contributed by atoms with van der Waals surface area (Å²) in [6.45, 7) is 0. The summed E-state index contributed by atoms with van der Waals surface area (Å²) in [6, 6.07) is 7.74. The standard InChI is InChI=1S/C12H5ClN4O2/c13-7-1-2-8(12(18)19)10(3-7)17-6-16-9(4-14)11(17)5-15/h1-3,6H,(H,18,19). The van der Waals surface area contributed by atoms with Crippen LogP contribution >= 0.6 is 11.6 Å². The Morgan fingerprint density at radius 3 is 2.68 bits per heavy atom. The minimum atomic E-state index is -1.16. The minimum Gasteiger partial charge on any atom is -0.478 e. The number of carboxylic acids is 1. The molecule has 0 radical (unpaired) electrons. The van der Waals surface area contributed by atoms with E-state index in [1.54, 1.807) is 6.07 Å². The molecule has 1 N–H and O–H groups in total. The number of carboxylic acid groups (broad SMARTS) is 1. The van der Waals surface area contributed by atoms with E-state index in [9.17, 15) is 4.79 Å². The lowest BCUT2D eigenvalue weighted by atomic mass is 10.1. The van der Waals surface area contributed by atoms with Crippen LogP contribution < -0.4 is 0 Å². The number of hydrogen-bond donors (Lipinski definition) is 1. The number of halogens is 1. The SMILES string of the molecule is N#Cc1ncn(-c2cc(Cl)ccc2C(=O)O)c1C#N. The molecule has 0 saturated heterocycles. The number of rotatable bonds is 2. The van der Waals surface area contributed by atoms with Crippen LogP contribution in [-0.2, 0) is 0 Å². The number of aromatic carboxylic acids is 1. The average molecular weight is 273 g/mol. The summed E-state index contributed by atoms with van der Waals surface area (Å²) in [4.78, 5) is 14.9. The van der Waals surface area contributed by atoms with Gasteiger partial charge in [-0.25, -0.2) is 9.78 Å². The van der Waals surface area contributed by atoms with Gasteiger partial charge in [-0.3, -0.25) is 4.57 Å². The highest BCUT2D eigenvalue weighted by atomic mass is 35.5. The fraction of sp³-hybridized carbons (Fsp3) is 0. The molecule has 2 rings (SSSR count). The van der Waals surface area contributed by atoms with Gasteiger partial charge in [0.05, 0.1) is 11.3 Å². The zero-order chi connectivity index (χ0) is 14.0. The van der Waals surface area contributed by atoms with Crippen LogP contribution in [0.15, 0.2) is 24.5 Å². The normalized spacial score (nSPS) is 9.63. The van der Waals surface area contributed by atoms with Gasteiger partial charge in [-0.1, -0.05) is 11.6 Å². The lowest BCUT2D eigenvalue weighted by Crippen LogP contribution is -2.06. The van der Waals surface area contributed by atoms with Crippen molar-refractivity contribution in [2.24, 2.45) is 0 Å². The molecule has 1 aromatic heterocycles. The Morgan fingerprint density at radius 1 is 1.37 bits per heavy atom. The zero-order valence-corrected chi connectivity index (χ0v) is 10.1. The van der Waals surface area contributed by atoms with E-state index in [0.29, 0.717) is 5.02 Å². The van der Waals surface area contributed by atoms with Gasteiger partial charge >= 0.3 is 5.97 Å². The molecule has 0 bridgehead atoms. The Labute approximate surface area is 112 Å². The predicted molar refractivity (Wildman–Crippen MR) is 65.0 cm³/mol. The first-order chi connectivity index (χ1) is 9.08. The fourth-order valence-corrected chi connectivity index (χ4v) is 1.77. The molecule has 0 atom stereocenters. The van der Waals surface area contributed by atoms with Crippen LogP contribution in [0.4, 0.5) is 0 Å². The van der Waals surface area contributed by atoms with E-state index in [2.05, 4.69) is 4.98 Å². The summed E-state index contributed by atoms with van der Waals surface area (Å²) in [7, 11) is 0. The van der Waals surface area contributed by atoms with E-state index < -0.39 is 5.97 Å². The van der Waals surface area contributed by atoms with Gasteiger partial charge in [0.2, 0.25) is 0 Å². The Balaban J connectivity index is 2.76. The Hall–Kier alpha value is -2.83. The summed E-state index contributed by atoms with van der Waals surface area (Å²) in [5.74, 6) is -1.16.